The van der Waals surface area contributed by atoms with Crippen LogP contribution in [0.3, 0.4) is 0 Å². The molecule has 1 N–H and O–H groups in total. The van der Waals surface area contributed by atoms with Gasteiger partial charge in [-0.2, -0.15) is 0 Å². The molecule has 0 aliphatic rings. The normalized spacial score (nSPS) is 16.2. The Bertz CT molecular complexity index is 117. The van der Waals surface area contributed by atoms with E-state index in [4.69, 9.17) is 0 Å². The zero-order chi connectivity index (χ0) is 10.3. The van der Waals surface area contributed by atoms with E-state index in [0.717, 1.165) is 12.8 Å². The van der Waals surface area contributed by atoms with E-state index >= 15 is 0 Å². The quantitative estimate of drug-likeness (QED) is 0.619. The average Bonchev–Trinajstić information content (AvgIpc) is 2.13. The lowest BCUT2D eigenvalue weighted by molar-refractivity contribution is -0.0101. The maximum Gasteiger partial charge on any atom is 0.107 e. The number of hydrogen-bond donors (Lipinski definition) is 1. The van der Waals surface area contributed by atoms with Gasteiger partial charge in [-0.1, -0.05) is 33.1 Å². The standard InChI is InChI=1S/C11H25NO/c1-5-7-9-10(3)12(4)11(13)8-6-2/h10-11,13H,5-9H2,1-4H3. The second kappa shape index (κ2) is 7.34. The first-order valence-corrected chi connectivity index (χ1v) is 5.53. The molecule has 0 fully saturated rings. The van der Waals surface area contributed by atoms with Crippen molar-refractivity contribution in [1.29, 1.82) is 0 Å². The van der Waals surface area contributed by atoms with Crippen molar-refractivity contribution in [1.82, 2.24) is 4.90 Å². The summed E-state index contributed by atoms with van der Waals surface area (Å²) in [5.41, 5.74) is 0. The Labute approximate surface area is 82.9 Å². The summed E-state index contributed by atoms with van der Waals surface area (Å²) in [4.78, 5) is 2.08. The molecular formula is C11H25NO. The summed E-state index contributed by atoms with van der Waals surface area (Å²) in [5.74, 6) is 0. The molecule has 2 nitrogen and oxygen atoms in total. The van der Waals surface area contributed by atoms with Crippen LogP contribution in [0, 0.1) is 0 Å². The molecule has 2 atom stereocenters. The van der Waals surface area contributed by atoms with Gasteiger partial charge in [0.05, 0.1) is 0 Å². The van der Waals surface area contributed by atoms with E-state index in [0.29, 0.717) is 6.04 Å². The maximum absolute atomic E-state index is 9.71. The summed E-state index contributed by atoms with van der Waals surface area (Å²) in [6.07, 6.45) is 5.36. The van der Waals surface area contributed by atoms with Gasteiger partial charge in [-0.25, -0.2) is 0 Å². The highest BCUT2D eigenvalue weighted by atomic mass is 16.3. The van der Waals surface area contributed by atoms with Crippen LogP contribution in [0.2, 0.25) is 0 Å². The van der Waals surface area contributed by atoms with Crippen molar-refractivity contribution in [3.05, 3.63) is 0 Å². The predicted molar refractivity (Wildman–Crippen MR) is 57.7 cm³/mol. The monoisotopic (exact) mass is 187 g/mol. The molecule has 0 amide bonds. The van der Waals surface area contributed by atoms with Gasteiger partial charge in [0.1, 0.15) is 6.23 Å². The number of rotatable bonds is 7. The topological polar surface area (TPSA) is 23.5 Å². The van der Waals surface area contributed by atoms with Crippen LogP contribution in [0.4, 0.5) is 0 Å². The summed E-state index contributed by atoms with van der Waals surface area (Å²) < 4.78 is 0. The van der Waals surface area contributed by atoms with Gasteiger partial charge in [0.25, 0.3) is 0 Å². The molecule has 0 bridgehead atoms. The van der Waals surface area contributed by atoms with Crippen LogP contribution < -0.4 is 0 Å². The lowest BCUT2D eigenvalue weighted by Gasteiger charge is -2.29. The Balaban J connectivity index is 3.71. The smallest absolute Gasteiger partial charge is 0.107 e. The second-order valence-electron chi connectivity index (χ2n) is 3.93. The van der Waals surface area contributed by atoms with Crippen molar-refractivity contribution >= 4 is 0 Å². The van der Waals surface area contributed by atoms with Gasteiger partial charge in [0.2, 0.25) is 0 Å². The van der Waals surface area contributed by atoms with Crippen molar-refractivity contribution in [2.24, 2.45) is 0 Å². The number of hydrogen-bond acceptors (Lipinski definition) is 2. The van der Waals surface area contributed by atoms with Gasteiger partial charge in [0.15, 0.2) is 0 Å². The number of aliphatic hydroxyl groups excluding tert-OH is 1. The third kappa shape index (κ3) is 5.27. The highest BCUT2D eigenvalue weighted by Crippen LogP contribution is 2.11. The molecule has 0 heterocycles. The molecule has 0 aliphatic carbocycles. The highest BCUT2D eigenvalue weighted by molar-refractivity contribution is 4.65. The van der Waals surface area contributed by atoms with Crippen molar-refractivity contribution in [2.75, 3.05) is 7.05 Å². The molecule has 0 saturated carbocycles. The molecular weight excluding hydrogens is 162 g/mol. The number of unbranched alkanes of at least 4 members (excludes halogenated alkanes) is 1. The lowest BCUT2D eigenvalue weighted by atomic mass is 10.1. The van der Waals surface area contributed by atoms with Crippen molar-refractivity contribution in [3.8, 4) is 0 Å². The third-order valence-corrected chi connectivity index (χ3v) is 2.69. The molecule has 2 unspecified atom stereocenters. The van der Waals surface area contributed by atoms with Crippen LogP contribution in [0.15, 0.2) is 0 Å². The third-order valence-electron chi connectivity index (χ3n) is 2.69. The minimum Gasteiger partial charge on any atom is -0.378 e. The van der Waals surface area contributed by atoms with E-state index in [1.54, 1.807) is 0 Å². The Morgan fingerprint density at radius 1 is 1.15 bits per heavy atom. The predicted octanol–water partition coefficient (Wildman–Crippen LogP) is 2.62. The summed E-state index contributed by atoms with van der Waals surface area (Å²) in [7, 11) is 2.01. The van der Waals surface area contributed by atoms with Gasteiger partial charge in [0, 0.05) is 6.04 Å². The van der Waals surface area contributed by atoms with E-state index < -0.39 is 0 Å². The van der Waals surface area contributed by atoms with Crippen molar-refractivity contribution in [3.63, 3.8) is 0 Å². The Morgan fingerprint density at radius 2 is 1.77 bits per heavy atom. The van der Waals surface area contributed by atoms with Crippen LogP contribution in [0.25, 0.3) is 0 Å². The minimum atomic E-state index is -0.253. The van der Waals surface area contributed by atoms with Gasteiger partial charge in [-0.3, -0.25) is 4.90 Å². The van der Waals surface area contributed by atoms with E-state index in [-0.39, 0.29) is 6.23 Å². The molecule has 80 valence electrons. The summed E-state index contributed by atoms with van der Waals surface area (Å²) in [5, 5.41) is 9.71. The SMILES string of the molecule is CCCCC(C)N(C)C(O)CCC. The van der Waals surface area contributed by atoms with Crippen LogP contribution in [0.5, 0.6) is 0 Å². The van der Waals surface area contributed by atoms with E-state index in [1.807, 2.05) is 7.05 Å². The summed E-state index contributed by atoms with van der Waals surface area (Å²) in [6, 6.07) is 0.501. The molecule has 0 aromatic rings. The van der Waals surface area contributed by atoms with Gasteiger partial charge in [-0.05, 0) is 26.8 Å². The first-order valence-electron chi connectivity index (χ1n) is 5.53. The van der Waals surface area contributed by atoms with E-state index in [9.17, 15) is 5.11 Å². The zero-order valence-corrected chi connectivity index (χ0v) is 9.58. The Morgan fingerprint density at radius 3 is 2.23 bits per heavy atom. The largest absolute Gasteiger partial charge is 0.378 e. The van der Waals surface area contributed by atoms with Gasteiger partial charge >= 0.3 is 0 Å². The average molecular weight is 187 g/mol. The molecule has 13 heavy (non-hydrogen) atoms. The maximum atomic E-state index is 9.71. The van der Waals surface area contributed by atoms with Crippen molar-refractivity contribution in [2.45, 2.75) is 65.1 Å². The molecule has 0 aliphatic heterocycles. The fraction of sp³-hybridized carbons (Fsp3) is 1.00. The Hall–Kier alpha value is -0.0800. The molecule has 0 radical (unpaired) electrons. The van der Waals surface area contributed by atoms with E-state index in [2.05, 4.69) is 25.7 Å². The van der Waals surface area contributed by atoms with Crippen LogP contribution in [-0.2, 0) is 0 Å². The summed E-state index contributed by atoms with van der Waals surface area (Å²) in [6.45, 7) is 6.50. The number of nitrogens with zero attached hydrogens (tertiary/aromatic N) is 1. The van der Waals surface area contributed by atoms with Crippen molar-refractivity contribution < 1.29 is 5.11 Å². The molecule has 0 aromatic carbocycles. The molecule has 2 heteroatoms. The van der Waals surface area contributed by atoms with E-state index in [1.165, 1.54) is 19.3 Å². The molecule has 0 rings (SSSR count). The molecule has 0 aromatic heterocycles. The lowest BCUT2D eigenvalue weighted by Crippen LogP contribution is -2.38. The summed E-state index contributed by atoms with van der Waals surface area (Å²) >= 11 is 0. The zero-order valence-electron chi connectivity index (χ0n) is 9.58. The number of aliphatic hydroxyl groups is 1. The minimum absolute atomic E-state index is 0.253. The fourth-order valence-electron chi connectivity index (χ4n) is 1.46. The fourth-order valence-corrected chi connectivity index (χ4v) is 1.46. The first kappa shape index (κ1) is 12.9. The van der Waals surface area contributed by atoms with Crippen LogP contribution >= 0.6 is 0 Å². The molecule has 0 spiro atoms. The first-order chi connectivity index (χ1) is 6.13. The van der Waals surface area contributed by atoms with Gasteiger partial charge in [-0.15, -0.1) is 0 Å². The van der Waals surface area contributed by atoms with Crippen LogP contribution in [-0.4, -0.2) is 29.3 Å². The van der Waals surface area contributed by atoms with Gasteiger partial charge < -0.3 is 5.11 Å². The highest BCUT2D eigenvalue weighted by Gasteiger charge is 2.15. The second-order valence-corrected chi connectivity index (χ2v) is 3.93. The van der Waals surface area contributed by atoms with Crippen LogP contribution in [0.1, 0.15) is 52.9 Å². The molecule has 0 saturated heterocycles. The Kier molecular flexibility index (Phi) is 7.29.